The Bertz CT molecular complexity index is 776. The van der Waals surface area contributed by atoms with E-state index in [1.807, 2.05) is 13.8 Å². The number of nitrogens with one attached hydrogen (secondary N) is 2. The lowest BCUT2D eigenvalue weighted by molar-refractivity contribution is -0.143. The molecule has 1 unspecified atom stereocenters. The zero-order chi connectivity index (χ0) is 20.8. The van der Waals surface area contributed by atoms with E-state index in [2.05, 4.69) is 10.6 Å². The van der Waals surface area contributed by atoms with Crippen LogP contribution in [0.4, 0.5) is 4.79 Å². The molecule has 0 saturated heterocycles. The van der Waals surface area contributed by atoms with Crippen LogP contribution in [0.15, 0.2) is 23.4 Å². The Morgan fingerprint density at radius 3 is 2.57 bits per heavy atom. The van der Waals surface area contributed by atoms with Crippen molar-refractivity contribution in [3.8, 4) is 11.5 Å². The van der Waals surface area contributed by atoms with Gasteiger partial charge in [-0.15, -0.1) is 0 Å². The average Bonchev–Trinajstić information content (AvgIpc) is 2.62. The van der Waals surface area contributed by atoms with Crippen molar-refractivity contribution in [1.82, 2.24) is 10.6 Å². The van der Waals surface area contributed by atoms with E-state index in [1.54, 1.807) is 26.0 Å². The van der Waals surface area contributed by atoms with E-state index >= 15 is 0 Å². The van der Waals surface area contributed by atoms with Crippen molar-refractivity contribution in [2.24, 2.45) is 0 Å². The monoisotopic (exact) mass is 410 g/mol. The van der Waals surface area contributed by atoms with Crippen LogP contribution < -0.4 is 20.1 Å². The average molecular weight is 411 g/mol. The zero-order valence-corrected chi connectivity index (χ0v) is 17.6. The molecule has 0 radical (unpaired) electrons. The second-order valence-corrected chi connectivity index (χ2v) is 7.00. The second kappa shape index (κ2) is 9.68. The summed E-state index contributed by atoms with van der Waals surface area (Å²) in [6.07, 6.45) is 1.00. The summed E-state index contributed by atoms with van der Waals surface area (Å²) in [6, 6.07) is 2.26. The molecular weight excluding hydrogens is 384 g/mol. The van der Waals surface area contributed by atoms with E-state index in [1.165, 1.54) is 7.11 Å². The fourth-order valence-electron chi connectivity index (χ4n) is 3.02. The number of allylic oxidation sites excluding steroid dienone is 1. The van der Waals surface area contributed by atoms with Crippen molar-refractivity contribution < 1.29 is 23.8 Å². The molecule has 2 amide bonds. The molecule has 1 aromatic rings. The number of methoxy groups -OCH3 is 1. The number of ether oxygens (including phenoxy) is 3. The van der Waals surface area contributed by atoms with Gasteiger partial charge in [0.15, 0.2) is 11.5 Å². The fraction of sp³-hybridized carbons (Fsp3) is 0.500. The summed E-state index contributed by atoms with van der Waals surface area (Å²) >= 11 is 6.39. The number of urea groups is 1. The predicted molar refractivity (Wildman–Crippen MR) is 107 cm³/mol. The van der Waals surface area contributed by atoms with Gasteiger partial charge in [-0.05, 0) is 44.9 Å². The van der Waals surface area contributed by atoms with Crippen LogP contribution in [-0.4, -0.2) is 31.8 Å². The lowest BCUT2D eigenvalue weighted by Crippen LogP contribution is -2.46. The maximum absolute atomic E-state index is 12.8. The Kier molecular flexibility index (Phi) is 7.57. The third-order valence-electron chi connectivity index (χ3n) is 4.09. The third kappa shape index (κ3) is 4.90. The quantitative estimate of drug-likeness (QED) is 0.630. The third-order valence-corrected chi connectivity index (χ3v) is 4.37. The molecule has 28 heavy (non-hydrogen) atoms. The van der Waals surface area contributed by atoms with E-state index in [9.17, 15) is 9.59 Å². The highest BCUT2D eigenvalue weighted by atomic mass is 35.5. The van der Waals surface area contributed by atoms with Crippen molar-refractivity contribution in [1.29, 1.82) is 0 Å². The number of hydrogen-bond donors (Lipinski definition) is 2. The first-order valence-electron chi connectivity index (χ1n) is 9.34. The molecule has 0 fully saturated rings. The smallest absolute Gasteiger partial charge is 0.338 e. The van der Waals surface area contributed by atoms with Gasteiger partial charge in [-0.25, -0.2) is 9.59 Å². The maximum Gasteiger partial charge on any atom is 0.338 e. The molecule has 8 heteroatoms. The Labute approximate surface area is 170 Å². The minimum absolute atomic E-state index is 0.292. The topological polar surface area (TPSA) is 85.9 Å². The van der Waals surface area contributed by atoms with Gasteiger partial charge in [0.2, 0.25) is 0 Å². The maximum atomic E-state index is 12.8. The minimum atomic E-state index is -0.719. The molecule has 1 heterocycles. The molecule has 154 valence electrons. The lowest BCUT2D eigenvalue weighted by Gasteiger charge is -2.30. The van der Waals surface area contributed by atoms with E-state index in [0.717, 1.165) is 6.42 Å². The van der Waals surface area contributed by atoms with Crippen LogP contribution in [0.2, 0.25) is 5.02 Å². The molecule has 2 N–H and O–H groups in total. The van der Waals surface area contributed by atoms with Crippen molar-refractivity contribution in [3.63, 3.8) is 0 Å². The van der Waals surface area contributed by atoms with Crippen molar-refractivity contribution in [3.05, 3.63) is 34.0 Å². The molecule has 0 saturated carbocycles. The summed E-state index contributed by atoms with van der Waals surface area (Å²) in [5.41, 5.74) is 1.51. The number of carbonyl (C=O) groups is 2. The number of halogens is 1. The van der Waals surface area contributed by atoms with Crippen LogP contribution in [0.3, 0.4) is 0 Å². The van der Waals surface area contributed by atoms with Gasteiger partial charge in [-0.3, -0.25) is 0 Å². The first-order chi connectivity index (χ1) is 13.3. The standard InChI is InChI=1S/C20H27ClN2O5/c1-6-8-14-16(19(24)28-11(3)4)17(23-20(25)22-14)12-9-13(21)18(27-7-2)15(10-12)26-5/h9-11,17H,6-8H2,1-5H3,(H2,22,23,25). The van der Waals surface area contributed by atoms with Gasteiger partial charge in [0.05, 0.1) is 36.5 Å². The summed E-state index contributed by atoms with van der Waals surface area (Å²) in [5, 5.41) is 5.86. The molecule has 0 bridgehead atoms. The highest BCUT2D eigenvalue weighted by Crippen LogP contribution is 2.40. The van der Waals surface area contributed by atoms with E-state index in [4.69, 9.17) is 25.8 Å². The Morgan fingerprint density at radius 1 is 1.29 bits per heavy atom. The summed E-state index contributed by atoms with van der Waals surface area (Å²) in [4.78, 5) is 25.1. The minimum Gasteiger partial charge on any atom is -0.493 e. The number of benzene rings is 1. The molecular formula is C20H27ClN2O5. The summed E-state index contributed by atoms with van der Waals surface area (Å²) in [6.45, 7) is 7.79. The number of esters is 1. The van der Waals surface area contributed by atoms with Crippen molar-refractivity contribution in [2.45, 2.75) is 52.7 Å². The highest BCUT2D eigenvalue weighted by Gasteiger charge is 2.34. The van der Waals surface area contributed by atoms with Gasteiger partial charge in [0, 0.05) is 5.70 Å². The zero-order valence-electron chi connectivity index (χ0n) is 16.8. The first-order valence-corrected chi connectivity index (χ1v) is 9.71. The highest BCUT2D eigenvalue weighted by molar-refractivity contribution is 6.32. The molecule has 1 aliphatic rings. The van der Waals surface area contributed by atoms with Gasteiger partial charge in [0.1, 0.15) is 0 Å². The molecule has 1 aliphatic heterocycles. The fourth-order valence-corrected chi connectivity index (χ4v) is 3.30. The Morgan fingerprint density at radius 2 is 2.00 bits per heavy atom. The number of amides is 2. The predicted octanol–water partition coefficient (Wildman–Crippen LogP) is 4.11. The molecule has 1 aromatic carbocycles. The SMILES string of the molecule is CCCC1=C(C(=O)OC(C)C)C(c2cc(Cl)c(OCC)c(OC)c2)NC(=O)N1. The van der Waals surface area contributed by atoms with Gasteiger partial charge < -0.3 is 24.8 Å². The molecule has 2 rings (SSSR count). The summed E-state index contributed by atoms with van der Waals surface area (Å²) in [7, 11) is 1.51. The Balaban J connectivity index is 2.59. The molecule has 7 nitrogen and oxygen atoms in total. The molecule has 1 atom stereocenters. The summed E-state index contributed by atoms with van der Waals surface area (Å²) in [5.74, 6) is 0.352. The van der Waals surface area contributed by atoms with Gasteiger partial charge in [0.25, 0.3) is 0 Å². The van der Waals surface area contributed by atoms with Crippen LogP contribution in [0.25, 0.3) is 0 Å². The van der Waals surface area contributed by atoms with Crippen molar-refractivity contribution in [2.75, 3.05) is 13.7 Å². The number of rotatable bonds is 8. The van der Waals surface area contributed by atoms with E-state index < -0.39 is 18.0 Å². The van der Waals surface area contributed by atoms with E-state index in [-0.39, 0.29) is 6.10 Å². The van der Waals surface area contributed by atoms with Crippen LogP contribution in [0.5, 0.6) is 11.5 Å². The Hall–Kier alpha value is -2.41. The van der Waals surface area contributed by atoms with Crippen LogP contribution in [0.1, 0.15) is 52.1 Å². The summed E-state index contributed by atoms with van der Waals surface area (Å²) < 4.78 is 16.4. The first kappa shape index (κ1) is 21.9. The van der Waals surface area contributed by atoms with Crippen molar-refractivity contribution >= 4 is 23.6 Å². The van der Waals surface area contributed by atoms with Crippen LogP contribution in [0, 0.1) is 0 Å². The molecule has 0 aromatic heterocycles. The lowest BCUT2D eigenvalue weighted by atomic mass is 9.93. The van der Waals surface area contributed by atoms with Crippen LogP contribution >= 0.6 is 11.6 Å². The second-order valence-electron chi connectivity index (χ2n) is 6.59. The van der Waals surface area contributed by atoms with Crippen LogP contribution in [-0.2, 0) is 9.53 Å². The normalized spacial score (nSPS) is 16.5. The van der Waals surface area contributed by atoms with Gasteiger partial charge >= 0.3 is 12.0 Å². The van der Waals surface area contributed by atoms with Gasteiger partial charge in [-0.1, -0.05) is 24.9 Å². The number of hydrogen-bond acceptors (Lipinski definition) is 5. The van der Waals surface area contributed by atoms with Gasteiger partial charge in [-0.2, -0.15) is 0 Å². The molecule has 0 aliphatic carbocycles. The van der Waals surface area contributed by atoms with E-state index in [0.29, 0.717) is 46.4 Å². The molecule has 0 spiro atoms. The number of carbonyl (C=O) groups excluding carboxylic acids is 2. The largest absolute Gasteiger partial charge is 0.493 e.